The fourth-order valence-corrected chi connectivity index (χ4v) is 3.75. The molecule has 1 atom stereocenters. The molecular formula is C20H18BrN3O5S. The normalized spacial score (nSPS) is 17.3. The first-order valence-electron chi connectivity index (χ1n) is 8.81. The molecule has 1 aliphatic heterocycles. The Hall–Kier alpha value is -2.85. The summed E-state index contributed by atoms with van der Waals surface area (Å²) in [6, 6.07) is 13.2. The maximum atomic E-state index is 11.8. The Morgan fingerprint density at radius 1 is 1.30 bits per heavy atom. The van der Waals surface area contributed by atoms with Crippen LogP contribution in [-0.2, 0) is 16.2 Å². The first kappa shape index (κ1) is 21.8. The van der Waals surface area contributed by atoms with Crippen LogP contribution in [0.15, 0.2) is 57.1 Å². The number of para-hydroxylation sites is 1. The van der Waals surface area contributed by atoms with Crippen molar-refractivity contribution in [1.29, 1.82) is 0 Å². The van der Waals surface area contributed by atoms with Gasteiger partial charge >= 0.3 is 5.97 Å². The maximum Gasteiger partial charge on any atom is 0.305 e. The maximum absolute atomic E-state index is 11.8. The van der Waals surface area contributed by atoms with Gasteiger partial charge in [-0.05, 0) is 29.8 Å². The molecule has 3 rings (SSSR count). The lowest BCUT2D eigenvalue weighted by Gasteiger charge is -2.13. The van der Waals surface area contributed by atoms with Gasteiger partial charge in [0.25, 0.3) is 0 Å². The van der Waals surface area contributed by atoms with Crippen molar-refractivity contribution in [2.75, 3.05) is 7.11 Å². The van der Waals surface area contributed by atoms with Crippen LogP contribution >= 0.6 is 27.7 Å². The second-order valence-corrected chi connectivity index (χ2v) is 8.24. The largest absolute Gasteiger partial charge is 0.493 e. The molecule has 0 saturated carbocycles. The molecule has 1 saturated heterocycles. The van der Waals surface area contributed by atoms with Crippen molar-refractivity contribution in [1.82, 2.24) is 5.32 Å². The number of aliphatic carboxylic acids is 1. The van der Waals surface area contributed by atoms with Gasteiger partial charge in [-0.2, -0.15) is 5.10 Å². The Labute approximate surface area is 185 Å². The van der Waals surface area contributed by atoms with Crippen LogP contribution in [0.25, 0.3) is 0 Å². The monoisotopic (exact) mass is 491 g/mol. The highest BCUT2D eigenvalue weighted by Gasteiger charge is 2.32. The van der Waals surface area contributed by atoms with Crippen LogP contribution in [0.1, 0.15) is 17.5 Å². The summed E-state index contributed by atoms with van der Waals surface area (Å²) in [4.78, 5) is 22.6. The Bertz CT molecular complexity index is 994. The summed E-state index contributed by atoms with van der Waals surface area (Å²) in [5, 5.41) is 18.9. The number of carbonyl (C=O) groups excluding carboxylic acids is 1. The number of methoxy groups -OCH3 is 1. The zero-order valence-electron chi connectivity index (χ0n) is 15.9. The third-order valence-electron chi connectivity index (χ3n) is 4.01. The van der Waals surface area contributed by atoms with Crippen LogP contribution in [0, 0.1) is 0 Å². The summed E-state index contributed by atoms with van der Waals surface area (Å²) >= 11 is 4.44. The van der Waals surface area contributed by atoms with Gasteiger partial charge in [-0.25, -0.2) is 0 Å². The zero-order chi connectivity index (χ0) is 21.5. The van der Waals surface area contributed by atoms with Crippen LogP contribution < -0.4 is 14.8 Å². The van der Waals surface area contributed by atoms with E-state index in [9.17, 15) is 9.59 Å². The molecule has 0 unspecified atom stereocenters. The molecule has 0 spiro atoms. The Balaban J connectivity index is 1.73. The highest BCUT2D eigenvalue weighted by Crippen LogP contribution is 2.31. The van der Waals surface area contributed by atoms with Crippen molar-refractivity contribution in [3.05, 3.63) is 58.1 Å². The summed E-state index contributed by atoms with van der Waals surface area (Å²) in [6.45, 7) is 0.339. The Morgan fingerprint density at radius 3 is 2.77 bits per heavy atom. The number of thioether (sulfide) groups is 1. The first-order chi connectivity index (χ1) is 14.5. The number of ether oxygens (including phenoxy) is 2. The van der Waals surface area contributed by atoms with Crippen molar-refractivity contribution in [2.24, 2.45) is 10.2 Å². The highest BCUT2D eigenvalue weighted by molar-refractivity contribution is 9.10. The number of rotatable bonds is 8. The third kappa shape index (κ3) is 5.83. The number of halogens is 1. The van der Waals surface area contributed by atoms with Crippen molar-refractivity contribution in [2.45, 2.75) is 18.3 Å². The average Bonchev–Trinajstić information content (AvgIpc) is 3.06. The molecule has 1 amide bonds. The highest BCUT2D eigenvalue weighted by atomic mass is 79.9. The van der Waals surface area contributed by atoms with Crippen molar-refractivity contribution < 1.29 is 24.2 Å². The number of benzene rings is 2. The van der Waals surface area contributed by atoms with Crippen LogP contribution in [0.2, 0.25) is 0 Å². The molecule has 1 aliphatic rings. The molecule has 30 heavy (non-hydrogen) atoms. The number of amidine groups is 1. The molecule has 0 radical (unpaired) electrons. The number of carboxylic acid groups (broad SMARTS) is 1. The molecular weight excluding hydrogens is 474 g/mol. The van der Waals surface area contributed by atoms with Crippen LogP contribution in [-0.4, -0.2) is 40.7 Å². The van der Waals surface area contributed by atoms with Crippen LogP contribution in [0.4, 0.5) is 0 Å². The van der Waals surface area contributed by atoms with Gasteiger partial charge in [-0.15, -0.1) is 5.10 Å². The van der Waals surface area contributed by atoms with Gasteiger partial charge in [0.2, 0.25) is 5.91 Å². The van der Waals surface area contributed by atoms with E-state index >= 15 is 0 Å². The van der Waals surface area contributed by atoms with Gasteiger partial charge in [-0.3, -0.25) is 9.59 Å². The topological polar surface area (TPSA) is 110 Å². The van der Waals surface area contributed by atoms with E-state index in [0.29, 0.717) is 23.7 Å². The molecule has 10 heteroatoms. The molecule has 156 valence electrons. The number of carboxylic acids is 1. The minimum Gasteiger partial charge on any atom is -0.493 e. The number of hydrogen-bond acceptors (Lipinski definition) is 7. The van der Waals surface area contributed by atoms with E-state index < -0.39 is 17.1 Å². The van der Waals surface area contributed by atoms with Crippen LogP contribution in [0.3, 0.4) is 0 Å². The smallest absolute Gasteiger partial charge is 0.305 e. The lowest BCUT2D eigenvalue weighted by molar-refractivity contribution is -0.138. The Kier molecular flexibility index (Phi) is 7.47. The third-order valence-corrected chi connectivity index (χ3v) is 5.61. The second kappa shape index (κ2) is 10.3. The number of hydrogen-bond donors (Lipinski definition) is 2. The minimum atomic E-state index is -1.05. The molecule has 2 N–H and O–H groups in total. The van der Waals surface area contributed by atoms with E-state index in [1.54, 1.807) is 25.3 Å². The van der Waals surface area contributed by atoms with Gasteiger partial charge in [0.1, 0.15) is 11.9 Å². The van der Waals surface area contributed by atoms with E-state index in [2.05, 4.69) is 31.4 Å². The molecule has 2 aromatic carbocycles. The molecule has 8 nitrogen and oxygen atoms in total. The molecule has 0 bridgehead atoms. The number of carbonyl (C=O) groups is 2. The lowest BCUT2D eigenvalue weighted by atomic mass is 10.2. The summed E-state index contributed by atoms with van der Waals surface area (Å²) in [7, 11) is 1.55. The first-order valence-corrected chi connectivity index (χ1v) is 10.5. The van der Waals surface area contributed by atoms with Crippen molar-refractivity contribution >= 4 is 51.0 Å². The quantitative estimate of drug-likeness (QED) is 0.432. The minimum absolute atomic E-state index is 0.253. The zero-order valence-corrected chi connectivity index (χ0v) is 18.3. The summed E-state index contributed by atoms with van der Waals surface area (Å²) in [5.74, 6) is -0.375. The predicted molar refractivity (Wildman–Crippen MR) is 118 cm³/mol. The SMILES string of the molecule is COc1cccc(/C=N\N=C2/NC(=O)[C@H](CC(=O)O)S2)c1OCc1ccc(Br)cc1. The predicted octanol–water partition coefficient (Wildman–Crippen LogP) is 3.43. The van der Waals surface area contributed by atoms with Crippen molar-refractivity contribution in [3.63, 3.8) is 0 Å². The summed E-state index contributed by atoms with van der Waals surface area (Å²) < 4.78 is 12.3. The molecule has 1 heterocycles. The fourth-order valence-electron chi connectivity index (χ4n) is 2.57. The second-order valence-electron chi connectivity index (χ2n) is 6.14. The van der Waals surface area contributed by atoms with E-state index in [1.165, 1.54) is 6.21 Å². The van der Waals surface area contributed by atoms with E-state index in [-0.39, 0.29) is 11.6 Å². The average molecular weight is 492 g/mol. The van der Waals surface area contributed by atoms with Gasteiger partial charge in [0.15, 0.2) is 16.7 Å². The molecule has 1 fully saturated rings. The van der Waals surface area contributed by atoms with E-state index in [1.807, 2.05) is 24.3 Å². The van der Waals surface area contributed by atoms with Gasteiger partial charge in [0.05, 0.1) is 19.7 Å². The Morgan fingerprint density at radius 2 is 2.07 bits per heavy atom. The van der Waals surface area contributed by atoms with E-state index in [0.717, 1.165) is 21.8 Å². The fraction of sp³-hybridized carbons (Fsp3) is 0.200. The van der Waals surface area contributed by atoms with Gasteiger partial charge in [0, 0.05) is 10.0 Å². The molecule has 0 aromatic heterocycles. The summed E-state index contributed by atoms with van der Waals surface area (Å²) in [6.07, 6.45) is 1.22. The number of nitrogens with zero attached hydrogens (tertiary/aromatic N) is 2. The van der Waals surface area contributed by atoms with Crippen LogP contribution in [0.5, 0.6) is 11.5 Å². The molecule has 2 aromatic rings. The summed E-state index contributed by atoms with van der Waals surface area (Å²) in [5.41, 5.74) is 1.63. The number of amides is 1. The van der Waals surface area contributed by atoms with Gasteiger partial charge < -0.3 is 19.9 Å². The van der Waals surface area contributed by atoms with Gasteiger partial charge in [-0.1, -0.05) is 45.9 Å². The lowest BCUT2D eigenvalue weighted by Crippen LogP contribution is -2.26. The van der Waals surface area contributed by atoms with Crippen molar-refractivity contribution in [3.8, 4) is 11.5 Å². The molecule has 0 aliphatic carbocycles. The number of nitrogens with one attached hydrogen (secondary N) is 1. The van der Waals surface area contributed by atoms with E-state index in [4.69, 9.17) is 14.6 Å². The standard InChI is InChI=1S/C20H18BrN3O5S/c1-28-15-4-2-3-13(18(15)29-11-12-5-7-14(21)8-6-12)10-22-24-20-23-19(27)16(30-20)9-17(25)26/h2-8,10,16H,9,11H2,1H3,(H,25,26)(H,23,24,27)/b22-10-/t16-/m0/s1.